The Morgan fingerprint density at radius 2 is 2.00 bits per heavy atom. The van der Waals surface area contributed by atoms with Crippen LogP contribution in [-0.2, 0) is 4.79 Å². The number of carboxylic acids is 1. The zero-order valence-corrected chi connectivity index (χ0v) is 14.5. The number of carbonyl (C=O) groups excluding carboxylic acids is 1. The third-order valence-electron chi connectivity index (χ3n) is 3.88. The molecule has 0 fully saturated rings. The van der Waals surface area contributed by atoms with Gasteiger partial charge in [-0.15, -0.1) is 5.10 Å². The van der Waals surface area contributed by atoms with Gasteiger partial charge in [0.2, 0.25) is 0 Å². The fraction of sp³-hybridized carbons (Fsp3) is 0.412. The van der Waals surface area contributed by atoms with E-state index in [4.69, 9.17) is 4.74 Å². The van der Waals surface area contributed by atoms with Gasteiger partial charge in [0.15, 0.2) is 5.69 Å². The molecule has 0 unspecified atom stereocenters. The van der Waals surface area contributed by atoms with Crippen LogP contribution in [0.15, 0.2) is 24.3 Å². The molecule has 8 heteroatoms. The molecule has 1 amide bonds. The highest BCUT2D eigenvalue weighted by Crippen LogP contribution is 2.17. The Hall–Kier alpha value is -2.90. The van der Waals surface area contributed by atoms with E-state index in [1.54, 1.807) is 38.3 Å². The van der Waals surface area contributed by atoms with Gasteiger partial charge in [0.25, 0.3) is 5.91 Å². The normalized spacial score (nSPS) is 11.8. The molecular weight excluding hydrogens is 324 g/mol. The number of aromatic nitrogens is 3. The molecule has 1 atom stereocenters. The van der Waals surface area contributed by atoms with Crippen molar-refractivity contribution in [2.45, 2.75) is 39.2 Å². The number of carbonyl (C=O) groups is 2. The topological polar surface area (TPSA) is 106 Å². The molecule has 2 aromatic rings. The van der Waals surface area contributed by atoms with E-state index in [2.05, 4.69) is 15.6 Å². The molecule has 134 valence electrons. The van der Waals surface area contributed by atoms with Gasteiger partial charge >= 0.3 is 5.97 Å². The standard InChI is InChI=1S/C17H22N4O4/c1-4-5-6-14(17(23)24)18-16(22)15-11(2)21(20-19-15)12-7-9-13(25-3)10-8-12/h7-10,14H,4-6H2,1-3H3,(H,18,22)(H,23,24)/t14-/m0/s1. The van der Waals surface area contributed by atoms with Crippen LogP contribution in [0.4, 0.5) is 0 Å². The van der Waals surface area contributed by atoms with Gasteiger partial charge in [-0.2, -0.15) is 0 Å². The Morgan fingerprint density at radius 3 is 2.56 bits per heavy atom. The highest BCUT2D eigenvalue weighted by molar-refractivity contribution is 5.95. The van der Waals surface area contributed by atoms with Crippen molar-refractivity contribution in [3.05, 3.63) is 35.7 Å². The predicted octanol–water partition coefficient (Wildman–Crippen LogP) is 1.96. The van der Waals surface area contributed by atoms with Crippen LogP contribution in [0.3, 0.4) is 0 Å². The smallest absolute Gasteiger partial charge is 0.326 e. The number of methoxy groups -OCH3 is 1. The molecule has 8 nitrogen and oxygen atoms in total. The van der Waals surface area contributed by atoms with Gasteiger partial charge < -0.3 is 15.2 Å². The van der Waals surface area contributed by atoms with E-state index in [0.717, 1.165) is 18.5 Å². The second-order valence-electron chi connectivity index (χ2n) is 5.64. The zero-order valence-electron chi connectivity index (χ0n) is 14.5. The van der Waals surface area contributed by atoms with Crippen LogP contribution in [0.1, 0.15) is 42.4 Å². The Bertz CT molecular complexity index is 740. The minimum atomic E-state index is -1.05. The summed E-state index contributed by atoms with van der Waals surface area (Å²) < 4.78 is 6.64. The van der Waals surface area contributed by atoms with Crippen LogP contribution in [0.5, 0.6) is 5.75 Å². The fourth-order valence-electron chi connectivity index (χ4n) is 2.40. The first-order chi connectivity index (χ1) is 12.0. The van der Waals surface area contributed by atoms with Crippen molar-refractivity contribution in [2.24, 2.45) is 0 Å². The first-order valence-corrected chi connectivity index (χ1v) is 8.08. The van der Waals surface area contributed by atoms with E-state index in [9.17, 15) is 14.7 Å². The summed E-state index contributed by atoms with van der Waals surface area (Å²) in [5.74, 6) is -0.887. The van der Waals surface area contributed by atoms with E-state index >= 15 is 0 Å². The quantitative estimate of drug-likeness (QED) is 0.757. The number of nitrogens with zero attached hydrogens (tertiary/aromatic N) is 3. The van der Waals surface area contributed by atoms with Gasteiger partial charge in [-0.25, -0.2) is 9.48 Å². The Morgan fingerprint density at radius 1 is 1.32 bits per heavy atom. The summed E-state index contributed by atoms with van der Waals surface area (Å²) >= 11 is 0. The lowest BCUT2D eigenvalue weighted by molar-refractivity contribution is -0.139. The molecule has 1 aromatic heterocycles. The number of carboxylic acid groups (broad SMARTS) is 1. The summed E-state index contributed by atoms with van der Waals surface area (Å²) in [4.78, 5) is 23.7. The summed E-state index contributed by atoms with van der Waals surface area (Å²) in [6, 6.07) is 6.22. The molecule has 1 heterocycles. The minimum absolute atomic E-state index is 0.110. The number of hydrogen-bond donors (Lipinski definition) is 2. The van der Waals surface area contributed by atoms with Gasteiger partial charge in [0, 0.05) is 0 Å². The fourth-order valence-corrected chi connectivity index (χ4v) is 2.40. The predicted molar refractivity (Wildman–Crippen MR) is 91.1 cm³/mol. The molecule has 2 N–H and O–H groups in total. The van der Waals surface area contributed by atoms with Crippen molar-refractivity contribution in [1.82, 2.24) is 20.3 Å². The van der Waals surface area contributed by atoms with Gasteiger partial charge in [0.05, 0.1) is 18.5 Å². The number of aliphatic carboxylic acids is 1. The first-order valence-electron chi connectivity index (χ1n) is 8.08. The molecule has 0 saturated carbocycles. The van der Waals surface area contributed by atoms with Crippen LogP contribution in [0, 0.1) is 6.92 Å². The molecule has 0 spiro atoms. The lowest BCUT2D eigenvalue weighted by Crippen LogP contribution is -2.41. The number of rotatable bonds is 8. The second kappa shape index (κ2) is 8.27. The lowest BCUT2D eigenvalue weighted by atomic mass is 10.1. The van der Waals surface area contributed by atoms with E-state index < -0.39 is 17.9 Å². The van der Waals surface area contributed by atoms with Crippen LogP contribution in [0.25, 0.3) is 5.69 Å². The van der Waals surface area contributed by atoms with E-state index in [1.165, 1.54) is 4.68 Å². The van der Waals surface area contributed by atoms with Crippen molar-refractivity contribution >= 4 is 11.9 Å². The number of amides is 1. The number of nitrogens with one attached hydrogen (secondary N) is 1. The number of benzene rings is 1. The van der Waals surface area contributed by atoms with Crippen LogP contribution in [-0.4, -0.2) is 45.1 Å². The minimum Gasteiger partial charge on any atom is -0.497 e. The van der Waals surface area contributed by atoms with Gasteiger partial charge in [-0.1, -0.05) is 25.0 Å². The van der Waals surface area contributed by atoms with Crippen LogP contribution < -0.4 is 10.1 Å². The van der Waals surface area contributed by atoms with Crippen LogP contribution >= 0.6 is 0 Å². The summed E-state index contributed by atoms with van der Waals surface area (Å²) in [5.41, 5.74) is 1.37. The third-order valence-corrected chi connectivity index (χ3v) is 3.88. The highest BCUT2D eigenvalue weighted by atomic mass is 16.5. The molecule has 2 rings (SSSR count). The van der Waals surface area contributed by atoms with Gasteiger partial charge in [-0.3, -0.25) is 4.79 Å². The Balaban J connectivity index is 2.18. The summed E-state index contributed by atoms with van der Waals surface area (Å²) in [6.45, 7) is 3.67. The molecule has 0 saturated heterocycles. The Kier molecular flexibility index (Phi) is 6.10. The molecule has 0 bridgehead atoms. The maximum Gasteiger partial charge on any atom is 0.326 e. The van der Waals surface area contributed by atoms with Crippen molar-refractivity contribution in [3.8, 4) is 11.4 Å². The van der Waals surface area contributed by atoms with E-state index in [0.29, 0.717) is 17.9 Å². The average Bonchev–Trinajstić information content (AvgIpc) is 2.99. The van der Waals surface area contributed by atoms with Crippen molar-refractivity contribution in [2.75, 3.05) is 7.11 Å². The van der Waals surface area contributed by atoms with Crippen molar-refractivity contribution < 1.29 is 19.4 Å². The zero-order chi connectivity index (χ0) is 18.4. The van der Waals surface area contributed by atoms with Gasteiger partial charge in [0.1, 0.15) is 11.8 Å². The summed E-state index contributed by atoms with van der Waals surface area (Å²) in [5, 5.41) is 19.6. The largest absolute Gasteiger partial charge is 0.497 e. The third kappa shape index (κ3) is 4.34. The highest BCUT2D eigenvalue weighted by Gasteiger charge is 2.24. The van der Waals surface area contributed by atoms with E-state index in [1.807, 2.05) is 6.92 Å². The number of hydrogen-bond acceptors (Lipinski definition) is 5. The number of ether oxygens (including phenoxy) is 1. The van der Waals surface area contributed by atoms with Crippen molar-refractivity contribution in [3.63, 3.8) is 0 Å². The first kappa shape index (κ1) is 18.4. The van der Waals surface area contributed by atoms with E-state index in [-0.39, 0.29) is 5.69 Å². The number of unbranched alkanes of at least 4 members (excludes halogenated alkanes) is 1. The molecular formula is C17H22N4O4. The maximum atomic E-state index is 12.4. The van der Waals surface area contributed by atoms with Crippen LogP contribution in [0.2, 0.25) is 0 Å². The molecule has 1 aromatic carbocycles. The molecule has 0 aliphatic rings. The monoisotopic (exact) mass is 346 g/mol. The van der Waals surface area contributed by atoms with Gasteiger partial charge in [-0.05, 0) is 37.6 Å². The van der Waals surface area contributed by atoms with Crippen molar-refractivity contribution in [1.29, 1.82) is 0 Å². The summed E-state index contributed by atoms with van der Waals surface area (Å²) in [7, 11) is 1.58. The Labute approximate surface area is 145 Å². The molecule has 0 aliphatic carbocycles. The lowest BCUT2D eigenvalue weighted by Gasteiger charge is -2.13. The molecule has 25 heavy (non-hydrogen) atoms. The molecule has 0 aliphatic heterocycles. The average molecular weight is 346 g/mol. The second-order valence-corrected chi connectivity index (χ2v) is 5.64. The SMILES string of the molecule is CCCC[C@H](NC(=O)c1nnn(-c2ccc(OC)cc2)c1C)C(=O)O. The maximum absolute atomic E-state index is 12.4. The summed E-state index contributed by atoms with van der Waals surface area (Å²) in [6.07, 6.45) is 1.95. The molecule has 0 radical (unpaired) electrons.